The number of ether oxygens (including phenoxy) is 6. The van der Waals surface area contributed by atoms with Gasteiger partial charge in [-0.2, -0.15) is 0 Å². The van der Waals surface area contributed by atoms with Gasteiger partial charge in [0.15, 0.2) is 0 Å². The lowest BCUT2D eigenvalue weighted by atomic mass is 9.72. The third-order valence-corrected chi connectivity index (χ3v) is 14.4. The quantitative estimate of drug-likeness (QED) is 0.0307. The van der Waals surface area contributed by atoms with E-state index in [4.69, 9.17) is 28.4 Å². The van der Waals surface area contributed by atoms with E-state index in [2.05, 4.69) is 5.32 Å². The number of fused-ring (bicyclic) bond motifs is 4. The van der Waals surface area contributed by atoms with E-state index in [1.54, 1.807) is 49.6 Å². The summed E-state index contributed by atoms with van der Waals surface area (Å²) in [4.78, 5) is 0. The van der Waals surface area contributed by atoms with Crippen molar-refractivity contribution in [2.24, 2.45) is 11.8 Å². The predicted octanol–water partition coefficient (Wildman–Crippen LogP) is 9.14. The maximum absolute atomic E-state index is 13.1. The largest absolute Gasteiger partial charge is 0.508 e. The van der Waals surface area contributed by atoms with Crippen molar-refractivity contribution in [3.63, 3.8) is 0 Å². The maximum Gasteiger partial charge on any atom is 0.133 e. The van der Waals surface area contributed by atoms with Crippen molar-refractivity contribution in [1.29, 1.82) is 0 Å². The first-order valence-electron chi connectivity index (χ1n) is 24.7. The number of aromatic hydroxyl groups is 3. The summed E-state index contributed by atoms with van der Waals surface area (Å²) in [6, 6.07) is 23.4. The number of nitrogens with one attached hydrogen (secondary N) is 1. The van der Waals surface area contributed by atoms with Gasteiger partial charge in [-0.1, -0.05) is 24.6 Å². The van der Waals surface area contributed by atoms with Crippen molar-refractivity contribution in [2.45, 2.75) is 120 Å². The van der Waals surface area contributed by atoms with E-state index in [1.807, 2.05) is 36.4 Å². The van der Waals surface area contributed by atoms with Crippen LogP contribution in [-0.4, -0.2) is 95.3 Å². The fourth-order valence-corrected chi connectivity index (χ4v) is 11.1. The van der Waals surface area contributed by atoms with Crippen LogP contribution in [0.4, 0.5) is 0 Å². The van der Waals surface area contributed by atoms with Gasteiger partial charge in [0.1, 0.15) is 46.4 Å². The Morgan fingerprint density at radius 2 is 1.50 bits per heavy atom. The minimum absolute atomic E-state index is 0.000365. The molecule has 0 spiro atoms. The molecular formula is C55H67NO12. The molecule has 2 aliphatic carbocycles. The normalized spacial score (nSPS) is 22.3. The minimum atomic E-state index is -1.08. The molecule has 2 saturated carbocycles. The molecule has 5 aromatic carbocycles. The van der Waals surface area contributed by atoms with Crippen molar-refractivity contribution in [3.8, 4) is 51.4 Å². The van der Waals surface area contributed by atoms with Gasteiger partial charge < -0.3 is 59.1 Å². The van der Waals surface area contributed by atoms with Crippen molar-refractivity contribution >= 4 is 10.8 Å². The average Bonchev–Trinajstić information content (AvgIpc) is 3.85. The summed E-state index contributed by atoms with van der Waals surface area (Å²) in [6.07, 6.45) is 8.20. The smallest absolute Gasteiger partial charge is 0.133 e. The van der Waals surface area contributed by atoms with E-state index in [0.29, 0.717) is 54.4 Å². The molecule has 4 aliphatic rings. The molecule has 0 aromatic heterocycles. The third kappa shape index (κ3) is 10.6. The highest BCUT2D eigenvalue weighted by atomic mass is 16.5. The zero-order valence-electron chi connectivity index (χ0n) is 39.0. The molecule has 6 atom stereocenters. The molecule has 0 saturated heterocycles. The summed E-state index contributed by atoms with van der Waals surface area (Å²) < 4.78 is 40.5. The van der Waals surface area contributed by atoms with E-state index in [1.165, 1.54) is 0 Å². The lowest BCUT2D eigenvalue weighted by molar-refractivity contribution is -0.135. The van der Waals surface area contributed by atoms with Crippen LogP contribution >= 0.6 is 0 Å². The molecule has 68 heavy (non-hydrogen) atoms. The first kappa shape index (κ1) is 47.8. The Morgan fingerprint density at radius 3 is 2.26 bits per heavy atom. The molecule has 13 heteroatoms. The Labute approximate surface area is 398 Å². The molecule has 5 aromatic rings. The molecule has 13 nitrogen and oxygen atoms in total. The number of phenolic OH excluding ortho intramolecular Hbond substituents is 3. The molecule has 0 amide bonds. The molecule has 0 unspecified atom stereocenters. The lowest BCUT2D eigenvalue weighted by Crippen LogP contribution is -2.48. The van der Waals surface area contributed by atoms with Crippen molar-refractivity contribution in [2.75, 3.05) is 40.2 Å². The first-order valence-corrected chi connectivity index (χ1v) is 24.7. The van der Waals surface area contributed by atoms with Crippen molar-refractivity contribution in [3.05, 3.63) is 101 Å². The van der Waals surface area contributed by atoms with Gasteiger partial charge in [-0.15, -0.1) is 0 Å². The summed E-state index contributed by atoms with van der Waals surface area (Å²) in [5.74, 6) is 1.64. The highest BCUT2D eigenvalue weighted by Gasteiger charge is 2.50. The molecule has 2 heterocycles. The number of phenols is 3. The number of methoxy groups -OCH3 is 1. The van der Waals surface area contributed by atoms with Gasteiger partial charge in [0.25, 0.3) is 0 Å². The zero-order valence-corrected chi connectivity index (χ0v) is 39.0. The summed E-state index contributed by atoms with van der Waals surface area (Å²) in [6.45, 7) is 0.432. The number of rotatable bonds is 19. The monoisotopic (exact) mass is 933 g/mol. The van der Waals surface area contributed by atoms with Gasteiger partial charge in [0.2, 0.25) is 0 Å². The SMILES string of the molecule is COCCC[C@H]1Oc2c(cc(OC3CCCCC3)c3cc(O)ccc23)[C@H](O[C@H](CCO)CNCO)[C@@H]1[C@H]1COc2c(Cc3cc(O)ccc3-c3cccc(O)c3)cc(OC3CCCC3)cc2[C@H]1O. The average molecular weight is 934 g/mol. The summed E-state index contributed by atoms with van der Waals surface area (Å²) >= 11 is 0. The van der Waals surface area contributed by atoms with Gasteiger partial charge in [-0.05, 0) is 148 Å². The number of hydrogen-bond acceptors (Lipinski definition) is 13. The molecule has 0 bridgehead atoms. The van der Waals surface area contributed by atoms with Gasteiger partial charge in [0, 0.05) is 72.6 Å². The number of benzene rings is 5. The third-order valence-electron chi connectivity index (χ3n) is 14.4. The van der Waals surface area contributed by atoms with Gasteiger partial charge in [0.05, 0.1) is 43.9 Å². The summed E-state index contributed by atoms with van der Waals surface area (Å²) in [7, 11) is 1.67. The van der Waals surface area contributed by atoms with Gasteiger partial charge >= 0.3 is 0 Å². The first-order chi connectivity index (χ1) is 33.2. The van der Waals surface area contributed by atoms with E-state index < -0.39 is 36.3 Å². The molecule has 7 N–H and O–H groups in total. The number of aliphatic hydroxyl groups excluding tert-OH is 3. The lowest BCUT2D eigenvalue weighted by Gasteiger charge is -2.47. The molecule has 9 rings (SSSR count). The van der Waals surface area contributed by atoms with E-state index >= 15 is 0 Å². The van der Waals surface area contributed by atoms with E-state index in [0.717, 1.165) is 96.4 Å². The van der Waals surface area contributed by atoms with E-state index in [9.17, 15) is 30.6 Å². The van der Waals surface area contributed by atoms with Crippen molar-refractivity contribution in [1.82, 2.24) is 5.32 Å². The van der Waals surface area contributed by atoms with Crippen LogP contribution in [0.2, 0.25) is 0 Å². The predicted molar refractivity (Wildman–Crippen MR) is 258 cm³/mol. The topological polar surface area (TPSA) is 189 Å². The standard InChI is InChI=1S/C55H67NO12/c1-63-22-8-15-49-51(55(67-41(20-21-57)30-56-32-58)47-29-50(66-40-11-3-2-4-12-40)45-27-38(61)17-19-44(45)54(47)68-49)48-31-64-53-35(26-42(28-46(53)52(48)62)65-39-13-5-6-14-39)23-34-25-37(60)16-18-43(34)33-9-7-10-36(59)24-33/h7,9-10,16-19,24-29,39-41,48-49,51-52,55-62H,2-6,8,11-15,20-23,30-32H2,1H3/t41-,48-,49-,51-,52-,55+/m1/s1. The second-order valence-electron chi connectivity index (χ2n) is 19.1. The minimum Gasteiger partial charge on any atom is -0.508 e. The highest BCUT2D eigenvalue weighted by Crippen LogP contribution is 2.55. The Bertz CT molecular complexity index is 2480. The van der Waals surface area contributed by atoms with Gasteiger partial charge in [-0.25, -0.2) is 0 Å². The molecule has 2 fully saturated rings. The summed E-state index contributed by atoms with van der Waals surface area (Å²) in [5, 5.41) is 69.8. The van der Waals surface area contributed by atoms with Crippen LogP contribution in [0.3, 0.4) is 0 Å². The van der Waals surface area contributed by atoms with Crippen LogP contribution in [0.1, 0.15) is 112 Å². The maximum atomic E-state index is 13.1. The highest BCUT2D eigenvalue weighted by molar-refractivity contribution is 5.96. The van der Waals surface area contributed by atoms with Crippen molar-refractivity contribution < 1.29 is 59.1 Å². The van der Waals surface area contributed by atoms with Crippen LogP contribution in [0.5, 0.6) is 40.2 Å². The second-order valence-corrected chi connectivity index (χ2v) is 19.1. The Balaban J connectivity index is 1.17. The summed E-state index contributed by atoms with van der Waals surface area (Å²) in [5.41, 5.74) is 4.53. The molecular weight excluding hydrogens is 867 g/mol. The van der Waals surface area contributed by atoms with Gasteiger partial charge in [-0.3, -0.25) is 5.32 Å². The fourth-order valence-electron chi connectivity index (χ4n) is 11.1. The Morgan fingerprint density at radius 1 is 0.750 bits per heavy atom. The Kier molecular flexibility index (Phi) is 15.5. The van der Waals surface area contributed by atoms with E-state index in [-0.39, 0.29) is 62.4 Å². The Hall–Kier alpha value is -5.28. The number of hydrogen-bond donors (Lipinski definition) is 7. The van der Waals surface area contributed by atoms with Crippen LogP contribution in [-0.2, 0) is 15.9 Å². The molecule has 0 radical (unpaired) electrons. The number of aliphatic hydroxyl groups is 3. The van der Waals surface area contributed by atoms with Crippen LogP contribution in [0, 0.1) is 11.8 Å². The molecule has 2 aliphatic heterocycles. The zero-order chi connectivity index (χ0) is 47.1. The van der Waals surface area contributed by atoms with Crippen LogP contribution in [0.15, 0.2) is 78.9 Å². The second kappa shape index (κ2) is 22.0. The molecule has 364 valence electrons. The fraction of sp³-hybridized carbons (Fsp3) is 0.491. The van der Waals surface area contributed by atoms with Crippen LogP contribution < -0.4 is 24.3 Å². The van der Waals surface area contributed by atoms with Crippen LogP contribution in [0.25, 0.3) is 21.9 Å².